The number of unbranched alkanes of at least 4 members (excludes halogenated alkanes) is 16. The third-order valence-electron chi connectivity index (χ3n) is 9.88. The van der Waals surface area contributed by atoms with E-state index in [-0.39, 0.29) is 0 Å². The maximum atomic E-state index is 6.73. The van der Waals surface area contributed by atoms with Crippen LogP contribution >= 0.6 is 0 Å². The first kappa shape index (κ1) is 40.8. The zero-order valence-electron chi connectivity index (χ0n) is 30.9. The normalized spacial score (nSPS) is 12.9. The van der Waals surface area contributed by atoms with Gasteiger partial charge in [-0.25, -0.2) is 0 Å². The van der Waals surface area contributed by atoms with Crippen molar-refractivity contribution in [1.82, 2.24) is 0 Å². The zero-order valence-corrected chi connectivity index (χ0v) is 30.9. The Morgan fingerprint density at radius 1 is 0.409 bits per heavy atom. The Balaban J connectivity index is 3.04. The molecule has 0 fully saturated rings. The lowest BCUT2D eigenvalue weighted by Gasteiger charge is -2.22. The van der Waals surface area contributed by atoms with E-state index in [2.05, 4.69) is 53.7 Å². The Kier molecular flexibility index (Phi) is 27.1. The molecule has 0 spiro atoms. The molecule has 2 atom stereocenters. The van der Waals surface area contributed by atoms with Gasteiger partial charge in [-0.15, -0.1) is 0 Å². The van der Waals surface area contributed by atoms with Gasteiger partial charge in [-0.2, -0.15) is 0 Å². The van der Waals surface area contributed by atoms with Crippen molar-refractivity contribution in [3.8, 4) is 11.5 Å². The van der Waals surface area contributed by atoms with E-state index in [1.165, 1.54) is 165 Å². The standard InChI is InChI=1S/C42H78O2/c1-7-13-17-19-21-23-25-27-31-39-33-42(44-36-38(12-6)30-16-10-4)40(32-28-26-24-22-20-18-14-8-2)34-41(39)43-35-37(11-5)29-15-9-3/h33-34,37-38H,7-32,35-36H2,1-6H3. The number of benzene rings is 1. The molecule has 0 radical (unpaired) electrons. The Morgan fingerprint density at radius 3 is 1.05 bits per heavy atom. The predicted octanol–water partition coefficient (Wildman–Crippen LogP) is 14.2. The number of aryl methyl sites for hydroxylation is 2. The third kappa shape index (κ3) is 20.0. The first-order chi connectivity index (χ1) is 21.6. The second-order valence-corrected chi connectivity index (χ2v) is 14.0. The third-order valence-corrected chi connectivity index (χ3v) is 9.88. The summed E-state index contributed by atoms with van der Waals surface area (Å²) in [5.41, 5.74) is 2.77. The summed E-state index contributed by atoms with van der Waals surface area (Å²) in [5.74, 6) is 3.62. The second-order valence-electron chi connectivity index (χ2n) is 14.0. The molecule has 0 saturated carbocycles. The number of hydrogen-bond acceptors (Lipinski definition) is 2. The molecular weight excluding hydrogens is 536 g/mol. The van der Waals surface area contributed by atoms with Crippen molar-refractivity contribution >= 4 is 0 Å². The monoisotopic (exact) mass is 615 g/mol. The van der Waals surface area contributed by atoms with E-state index in [1.807, 2.05) is 0 Å². The summed E-state index contributed by atoms with van der Waals surface area (Å²) >= 11 is 0. The number of ether oxygens (including phenoxy) is 2. The lowest BCUT2D eigenvalue weighted by Crippen LogP contribution is -2.14. The minimum atomic E-state index is 0.655. The topological polar surface area (TPSA) is 18.5 Å². The van der Waals surface area contributed by atoms with E-state index < -0.39 is 0 Å². The maximum Gasteiger partial charge on any atom is 0.123 e. The smallest absolute Gasteiger partial charge is 0.123 e. The van der Waals surface area contributed by atoms with Crippen molar-refractivity contribution in [2.75, 3.05) is 13.2 Å². The summed E-state index contributed by atoms with van der Waals surface area (Å²) in [5, 5.41) is 0. The molecule has 0 aliphatic carbocycles. The molecule has 0 saturated heterocycles. The van der Waals surface area contributed by atoms with Crippen molar-refractivity contribution in [3.05, 3.63) is 23.3 Å². The number of rotatable bonds is 32. The average molecular weight is 615 g/mol. The fourth-order valence-corrected chi connectivity index (χ4v) is 6.41. The summed E-state index contributed by atoms with van der Waals surface area (Å²) in [6, 6.07) is 4.83. The highest BCUT2D eigenvalue weighted by Gasteiger charge is 2.16. The van der Waals surface area contributed by atoms with E-state index in [0.29, 0.717) is 11.8 Å². The van der Waals surface area contributed by atoms with E-state index in [4.69, 9.17) is 9.47 Å². The van der Waals surface area contributed by atoms with Gasteiger partial charge in [0.05, 0.1) is 13.2 Å². The minimum absolute atomic E-state index is 0.655. The molecule has 1 aromatic carbocycles. The Labute approximate surface area is 277 Å². The summed E-state index contributed by atoms with van der Waals surface area (Å²) in [6.07, 6.45) is 34.1. The number of hydrogen-bond donors (Lipinski definition) is 0. The summed E-state index contributed by atoms with van der Waals surface area (Å²) in [6.45, 7) is 15.6. The molecule has 0 amide bonds. The first-order valence-corrected chi connectivity index (χ1v) is 20.0. The van der Waals surface area contributed by atoms with Gasteiger partial charge in [-0.1, -0.05) is 170 Å². The van der Waals surface area contributed by atoms with Gasteiger partial charge < -0.3 is 9.47 Å². The molecule has 0 aromatic heterocycles. The van der Waals surface area contributed by atoms with Crippen LogP contribution < -0.4 is 9.47 Å². The molecule has 1 aromatic rings. The Hall–Kier alpha value is -1.18. The van der Waals surface area contributed by atoms with Gasteiger partial charge in [0, 0.05) is 0 Å². The van der Waals surface area contributed by atoms with Gasteiger partial charge in [-0.05, 0) is 73.6 Å². The average Bonchev–Trinajstić information content (AvgIpc) is 3.04. The van der Waals surface area contributed by atoms with Crippen LogP contribution in [0.15, 0.2) is 12.1 Å². The van der Waals surface area contributed by atoms with Crippen molar-refractivity contribution in [3.63, 3.8) is 0 Å². The van der Waals surface area contributed by atoms with Crippen LogP contribution in [0.3, 0.4) is 0 Å². The van der Waals surface area contributed by atoms with Gasteiger partial charge in [0.1, 0.15) is 11.5 Å². The second kappa shape index (κ2) is 29.2. The summed E-state index contributed by atoms with van der Waals surface area (Å²) in [7, 11) is 0. The molecule has 0 aliphatic heterocycles. The molecule has 0 heterocycles. The van der Waals surface area contributed by atoms with E-state index in [1.54, 1.807) is 0 Å². The molecule has 0 aliphatic rings. The highest BCUT2D eigenvalue weighted by molar-refractivity contribution is 5.47. The van der Waals surface area contributed by atoms with Crippen LogP contribution in [0.2, 0.25) is 0 Å². The zero-order chi connectivity index (χ0) is 32.1. The fraction of sp³-hybridized carbons (Fsp3) is 0.857. The predicted molar refractivity (Wildman–Crippen MR) is 197 cm³/mol. The quantitative estimate of drug-likeness (QED) is 0.0752. The molecule has 258 valence electrons. The van der Waals surface area contributed by atoms with Crippen LogP contribution in [-0.4, -0.2) is 13.2 Å². The minimum Gasteiger partial charge on any atom is -0.493 e. The van der Waals surface area contributed by atoms with E-state index >= 15 is 0 Å². The maximum absolute atomic E-state index is 6.73. The highest BCUT2D eigenvalue weighted by atomic mass is 16.5. The van der Waals surface area contributed by atoms with Crippen LogP contribution in [0.4, 0.5) is 0 Å². The molecule has 2 nitrogen and oxygen atoms in total. The van der Waals surface area contributed by atoms with Crippen molar-refractivity contribution < 1.29 is 9.47 Å². The summed E-state index contributed by atoms with van der Waals surface area (Å²) in [4.78, 5) is 0. The van der Waals surface area contributed by atoms with Gasteiger partial charge in [-0.3, -0.25) is 0 Å². The highest BCUT2D eigenvalue weighted by Crippen LogP contribution is 2.33. The van der Waals surface area contributed by atoms with Crippen LogP contribution in [0, 0.1) is 11.8 Å². The van der Waals surface area contributed by atoms with Gasteiger partial charge in [0.15, 0.2) is 0 Å². The molecule has 0 N–H and O–H groups in total. The lowest BCUT2D eigenvalue weighted by molar-refractivity contribution is 0.224. The molecule has 2 unspecified atom stereocenters. The van der Waals surface area contributed by atoms with E-state index in [0.717, 1.165) is 37.6 Å². The van der Waals surface area contributed by atoms with Gasteiger partial charge >= 0.3 is 0 Å². The van der Waals surface area contributed by atoms with Crippen molar-refractivity contribution in [1.29, 1.82) is 0 Å². The molecule has 1 rings (SSSR count). The van der Waals surface area contributed by atoms with Crippen LogP contribution in [0.25, 0.3) is 0 Å². The molecule has 0 bridgehead atoms. The Morgan fingerprint density at radius 2 is 0.727 bits per heavy atom. The summed E-state index contributed by atoms with van der Waals surface area (Å²) < 4.78 is 13.5. The van der Waals surface area contributed by atoms with Gasteiger partial charge in [0.2, 0.25) is 0 Å². The van der Waals surface area contributed by atoms with Crippen LogP contribution in [0.1, 0.15) is 207 Å². The van der Waals surface area contributed by atoms with Crippen LogP contribution in [-0.2, 0) is 12.8 Å². The molecular formula is C42H78O2. The Bertz CT molecular complexity index is 693. The van der Waals surface area contributed by atoms with Crippen molar-refractivity contribution in [2.45, 2.75) is 208 Å². The fourth-order valence-electron chi connectivity index (χ4n) is 6.41. The SMILES string of the molecule is CCCCCCCCCCc1cc(OCC(CC)CCCC)c(CCCCCCCCCC)cc1OCC(CC)CCCC. The van der Waals surface area contributed by atoms with Crippen LogP contribution in [0.5, 0.6) is 11.5 Å². The van der Waals surface area contributed by atoms with Gasteiger partial charge in [0.25, 0.3) is 0 Å². The van der Waals surface area contributed by atoms with E-state index in [9.17, 15) is 0 Å². The van der Waals surface area contributed by atoms with Crippen molar-refractivity contribution in [2.24, 2.45) is 11.8 Å². The first-order valence-electron chi connectivity index (χ1n) is 20.0. The lowest BCUT2D eigenvalue weighted by atomic mass is 9.97. The molecule has 44 heavy (non-hydrogen) atoms. The molecule has 2 heteroatoms. The largest absolute Gasteiger partial charge is 0.493 e.